The van der Waals surface area contributed by atoms with Crippen LogP contribution in [0.4, 0.5) is 0 Å². The fourth-order valence-corrected chi connectivity index (χ4v) is 2.56. The number of methoxy groups -OCH3 is 1. The molecule has 0 saturated carbocycles. The predicted molar refractivity (Wildman–Crippen MR) is 76.9 cm³/mol. The van der Waals surface area contributed by atoms with Gasteiger partial charge in [0.1, 0.15) is 22.1 Å². The van der Waals surface area contributed by atoms with Crippen molar-refractivity contribution in [1.29, 1.82) is 0 Å². The third-order valence-corrected chi connectivity index (χ3v) is 3.93. The van der Waals surface area contributed by atoms with Gasteiger partial charge in [0.25, 0.3) is 0 Å². The zero-order valence-electron chi connectivity index (χ0n) is 10.2. The smallest absolute Gasteiger partial charge is 0.123 e. The maximum atomic E-state index is 6.03. The standard InChI is InChI=1S/C14H14BrClO2/c1-3-10-5-7-13(18-10)14(15)11-8-9(16)4-6-12(11)17-2/h4-8,14H,3H2,1-2H3. The Kier molecular flexibility index (Phi) is 4.36. The van der Waals surface area contributed by atoms with Gasteiger partial charge in [-0.1, -0.05) is 34.5 Å². The number of benzene rings is 1. The fraction of sp³-hybridized carbons (Fsp3) is 0.286. The summed E-state index contributed by atoms with van der Waals surface area (Å²) in [6.45, 7) is 2.06. The summed E-state index contributed by atoms with van der Waals surface area (Å²) in [7, 11) is 1.64. The molecule has 0 amide bonds. The Morgan fingerprint density at radius 3 is 2.72 bits per heavy atom. The molecule has 2 aromatic rings. The highest BCUT2D eigenvalue weighted by Crippen LogP contribution is 2.38. The average Bonchev–Trinajstić information content (AvgIpc) is 2.86. The maximum Gasteiger partial charge on any atom is 0.123 e. The molecule has 0 aliphatic heterocycles. The summed E-state index contributed by atoms with van der Waals surface area (Å²) in [5, 5.41) is 0.678. The summed E-state index contributed by atoms with van der Waals surface area (Å²) in [4.78, 5) is -0.0635. The van der Waals surface area contributed by atoms with E-state index in [0.29, 0.717) is 5.02 Å². The van der Waals surface area contributed by atoms with E-state index in [2.05, 4.69) is 22.9 Å². The van der Waals surface area contributed by atoms with Crippen LogP contribution in [0.25, 0.3) is 0 Å². The van der Waals surface area contributed by atoms with E-state index in [1.54, 1.807) is 7.11 Å². The molecule has 0 spiro atoms. The molecule has 0 N–H and O–H groups in total. The summed E-state index contributed by atoms with van der Waals surface area (Å²) in [5.41, 5.74) is 0.960. The van der Waals surface area contributed by atoms with Crippen LogP contribution < -0.4 is 4.74 Å². The molecule has 0 radical (unpaired) electrons. The Balaban J connectivity index is 2.38. The number of aryl methyl sites for hydroxylation is 1. The van der Waals surface area contributed by atoms with Gasteiger partial charge >= 0.3 is 0 Å². The van der Waals surface area contributed by atoms with E-state index in [0.717, 1.165) is 29.3 Å². The topological polar surface area (TPSA) is 22.4 Å². The van der Waals surface area contributed by atoms with Crippen LogP contribution in [0.1, 0.15) is 28.8 Å². The zero-order valence-corrected chi connectivity index (χ0v) is 12.6. The largest absolute Gasteiger partial charge is 0.496 e. The number of rotatable bonds is 4. The molecule has 1 unspecified atom stereocenters. The Morgan fingerprint density at radius 2 is 2.11 bits per heavy atom. The van der Waals surface area contributed by atoms with E-state index in [4.69, 9.17) is 20.8 Å². The molecule has 0 aliphatic rings. The molecule has 0 aliphatic carbocycles. The first kappa shape index (κ1) is 13.5. The lowest BCUT2D eigenvalue weighted by atomic mass is 10.1. The van der Waals surface area contributed by atoms with Crippen molar-refractivity contribution in [3.8, 4) is 5.75 Å². The van der Waals surface area contributed by atoms with Gasteiger partial charge in [-0.15, -0.1) is 0 Å². The minimum Gasteiger partial charge on any atom is -0.496 e. The molecule has 0 saturated heterocycles. The summed E-state index contributed by atoms with van der Waals surface area (Å²) in [6, 6.07) is 9.51. The normalized spacial score (nSPS) is 12.4. The van der Waals surface area contributed by atoms with Crippen LogP contribution in [-0.4, -0.2) is 7.11 Å². The number of hydrogen-bond acceptors (Lipinski definition) is 2. The van der Waals surface area contributed by atoms with Crippen LogP contribution >= 0.6 is 27.5 Å². The first-order chi connectivity index (χ1) is 8.65. The molecule has 0 fully saturated rings. The first-order valence-electron chi connectivity index (χ1n) is 5.71. The van der Waals surface area contributed by atoms with E-state index in [-0.39, 0.29) is 4.83 Å². The van der Waals surface area contributed by atoms with Gasteiger partial charge < -0.3 is 9.15 Å². The maximum absolute atomic E-state index is 6.03. The van der Waals surface area contributed by atoms with Crippen molar-refractivity contribution in [2.45, 2.75) is 18.2 Å². The zero-order chi connectivity index (χ0) is 13.1. The van der Waals surface area contributed by atoms with Crippen molar-refractivity contribution in [3.05, 3.63) is 52.4 Å². The second kappa shape index (κ2) is 5.81. The number of ether oxygens (including phenoxy) is 1. The van der Waals surface area contributed by atoms with Gasteiger partial charge in [0.05, 0.1) is 7.11 Å². The molecule has 18 heavy (non-hydrogen) atoms. The first-order valence-corrected chi connectivity index (χ1v) is 7.01. The lowest BCUT2D eigenvalue weighted by molar-refractivity contribution is 0.407. The van der Waals surface area contributed by atoms with E-state index in [1.165, 1.54) is 0 Å². The van der Waals surface area contributed by atoms with Crippen LogP contribution in [0.3, 0.4) is 0 Å². The van der Waals surface area contributed by atoms with Crippen molar-refractivity contribution >= 4 is 27.5 Å². The van der Waals surface area contributed by atoms with Crippen LogP contribution in [0, 0.1) is 0 Å². The predicted octanol–water partition coefficient (Wildman–Crippen LogP) is 4.99. The van der Waals surface area contributed by atoms with E-state index >= 15 is 0 Å². The molecule has 2 rings (SSSR count). The van der Waals surface area contributed by atoms with Crippen molar-refractivity contribution in [2.24, 2.45) is 0 Å². The Labute approximate surface area is 120 Å². The van der Waals surface area contributed by atoms with Crippen LogP contribution in [0.5, 0.6) is 5.75 Å². The molecule has 0 bridgehead atoms. The minimum absolute atomic E-state index is 0.0635. The SMILES string of the molecule is CCc1ccc(C(Br)c2cc(Cl)ccc2OC)o1. The minimum atomic E-state index is -0.0635. The van der Waals surface area contributed by atoms with Crippen molar-refractivity contribution in [3.63, 3.8) is 0 Å². The molecule has 1 aromatic heterocycles. The monoisotopic (exact) mass is 328 g/mol. The fourth-order valence-electron chi connectivity index (χ4n) is 1.78. The summed E-state index contributed by atoms with van der Waals surface area (Å²) in [6.07, 6.45) is 0.881. The summed E-state index contributed by atoms with van der Waals surface area (Å²) in [5.74, 6) is 2.61. The second-order valence-corrected chi connectivity index (χ2v) is 5.26. The number of halogens is 2. The van der Waals surface area contributed by atoms with E-state index < -0.39 is 0 Å². The van der Waals surface area contributed by atoms with Crippen LogP contribution in [0.2, 0.25) is 5.02 Å². The molecule has 4 heteroatoms. The quantitative estimate of drug-likeness (QED) is 0.737. The molecule has 96 valence electrons. The van der Waals surface area contributed by atoms with Crippen molar-refractivity contribution < 1.29 is 9.15 Å². The lowest BCUT2D eigenvalue weighted by Gasteiger charge is -2.12. The summed E-state index contributed by atoms with van der Waals surface area (Å²) < 4.78 is 11.1. The van der Waals surface area contributed by atoms with Gasteiger partial charge in [-0.2, -0.15) is 0 Å². The molecule has 1 atom stereocenters. The van der Waals surface area contributed by atoms with Crippen LogP contribution in [0.15, 0.2) is 34.7 Å². The molecule has 1 aromatic carbocycles. The van der Waals surface area contributed by atoms with Crippen molar-refractivity contribution in [1.82, 2.24) is 0 Å². The molecular weight excluding hydrogens is 316 g/mol. The summed E-state index contributed by atoms with van der Waals surface area (Å²) >= 11 is 9.66. The van der Waals surface area contributed by atoms with Gasteiger partial charge in [-0.25, -0.2) is 0 Å². The molecular formula is C14H14BrClO2. The van der Waals surface area contributed by atoms with Gasteiger partial charge in [0, 0.05) is 17.0 Å². The third kappa shape index (κ3) is 2.73. The van der Waals surface area contributed by atoms with Gasteiger partial charge in [0.2, 0.25) is 0 Å². The van der Waals surface area contributed by atoms with Gasteiger partial charge in [0.15, 0.2) is 0 Å². The van der Waals surface area contributed by atoms with Crippen molar-refractivity contribution in [2.75, 3.05) is 7.11 Å². The highest BCUT2D eigenvalue weighted by atomic mass is 79.9. The van der Waals surface area contributed by atoms with E-state index in [1.807, 2.05) is 30.3 Å². The Bertz CT molecular complexity index is 536. The Morgan fingerprint density at radius 1 is 1.33 bits per heavy atom. The van der Waals surface area contributed by atoms with Gasteiger partial charge in [-0.3, -0.25) is 0 Å². The molecule has 2 nitrogen and oxygen atoms in total. The number of furan rings is 1. The second-order valence-electron chi connectivity index (χ2n) is 3.91. The highest BCUT2D eigenvalue weighted by molar-refractivity contribution is 9.09. The van der Waals surface area contributed by atoms with E-state index in [9.17, 15) is 0 Å². The van der Waals surface area contributed by atoms with Gasteiger partial charge in [-0.05, 0) is 30.3 Å². The number of alkyl halides is 1. The molecule has 1 heterocycles. The Hall–Kier alpha value is -0.930. The van der Waals surface area contributed by atoms with Crippen LogP contribution in [-0.2, 0) is 6.42 Å². The number of hydrogen-bond donors (Lipinski definition) is 0. The average molecular weight is 330 g/mol. The third-order valence-electron chi connectivity index (χ3n) is 2.75. The lowest BCUT2D eigenvalue weighted by Crippen LogP contribution is -1.96. The highest BCUT2D eigenvalue weighted by Gasteiger charge is 2.19.